The van der Waals surface area contributed by atoms with Crippen molar-refractivity contribution in [2.75, 3.05) is 34.0 Å². The minimum absolute atomic E-state index is 0.133. The summed E-state index contributed by atoms with van der Waals surface area (Å²) in [7, 11) is 3.22. The third-order valence-corrected chi connectivity index (χ3v) is 6.87. The number of aliphatic hydroxyl groups is 1. The normalized spacial score (nSPS) is 15.2. The number of nitrogens with zero attached hydrogens (tertiary/aromatic N) is 1. The Morgan fingerprint density at radius 3 is 2.22 bits per heavy atom. The third-order valence-electron chi connectivity index (χ3n) is 6.87. The van der Waals surface area contributed by atoms with Crippen LogP contribution in [0.25, 0.3) is 0 Å². The van der Waals surface area contributed by atoms with E-state index in [2.05, 4.69) is 6.58 Å². The summed E-state index contributed by atoms with van der Waals surface area (Å²) in [5, 5.41) is 13.4. The van der Waals surface area contributed by atoms with Crippen LogP contribution in [0.1, 0.15) is 56.6 Å². The Morgan fingerprint density at radius 2 is 1.66 bits per heavy atom. The lowest BCUT2D eigenvalue weighted by Gasteiger charge is -2.31. The molecule has 220 valence electrons. The molecule has 0 radical (unpaired) electrons. The minimum Gasteiger partial charge on any atom is -0.497 e. The van der Waals surface area contributed by atoms with Crippen LogP contribution in [-0.2, 0) is 24.8 Å². The fourth-order valence-corrected chi connectivity index (χ4v) is 4.62. The number of methoxy groups -OCH3 is 2. The Kier molecular flexibility index (Phi) is 12.2. The Morgan fingerprint density at radius 1 is 1.00 bits per heavy atom. The number of ether oxygens (including phenoxy) is 3. The predicted molar refractivity (Wildman–Crippen MR) is 157 cm³/mol. The molecule has 1 unspecified atom stereocenters. The topological polar surface area (TPSA) is 94.5 Å². The molecule has 41 heavy (non-hydrogen) atoms. The van der Waals surface area contributed by atoms with Crippen molar-refractivity contribution in [2.45, 2.75) is 51.0 Å². The maximum atomic E-state index is 12.2. The van der Waals surface area contributed by atoms with Gasteiger partial charge in [-0.25, -0.2) is 4.79 Å². The molecule has 8 heteroatoms. The number of hydrogen-bond donors (Lipinski definition) is 1. The number of rotatable bonds is 16. The SMILES string of the molecule is C=C(/C=C\C(=C/C)C(O)(c1ccc(OC)cc1)c1ccc(OCCCCCC(=O)ON2CCCC2=O)cc1)COC. The Labute approximate surface area is 242 Å². The van der Waals surface area contributed by atoms with E-state index in [9.17, 15) is 14.7 Å². The molecule has 3 rings (SSSR count). The number of hydroxylamine groups is 2. The molecule has 8 nitrogen and oxygen atoms in total. The van der Waals surface area contributed by atoms with Crippen molar-refractivity contribution < 1.29 is 33.7 Å². The van der Waals surface area contributed by atoms with Gasteiger partial charge in [0.15, 0.2) is 0 Å². The molecule has 0 aromatic heterocycles. The van der Waals surface area contributed by atoms with E-state index in [4.69, 9.17) is 19.0 Å². The number of unbranched alkanes of at least 4 members (excludes halogenated alkanes) is 2. The van der Waals surface area contributed by atoms with Gasteiger partial charge in [-0.05, 0) is 79.1 Å². The molecular formula is C33H41NO7. The van der Waals surface area contributed by atoms with Crippen LogP contribution in [0, 0.1) is 0 Å². The van der Waals surface area contributed by atoms with Gasteiger partial charge >= 0.3 is 5.97 Å². The molecule has 0 bridgehead atoms. The molecule has 1 N–H and O–H groups in total. The molecule has 1 saturated heterocycles. The zero-order valence-electron chi connectivity index (χ0n) is 24.3. The van der Waals surface area contributed by atoms with Gasteiger partial charge in [0.1, 0.15) is 17.1 Å². The van der Waals surface area contributed by atoms with Crippen LogP contribution in [0.4, 0.5) is 0 Å². The highest BCUT2D eigenvalue weighted by Crippen LogP contribution is 2.39. The summed E-state index contributed by atoms with van der Waals surface area (Å²) in [6, 6.07) is 14.7. The first-order chi connectivity index (χ1) is 19.8. The highest BCUT2D eigenvalue weighted by molar-refractivity contribution is 5.79. The minimum atomic E-state index is -1.43. The fraction of sp³-hybridized carbons (Fsp3) is 0.394. The maximum Gasteiger partial charge on any atom is 0.332 e. The largest absolute Gasteiger partial charge is 0.497 e. The van der Waals surface area contributed by atoms with E-state index in [1.165, 1.54) is 5.06 Å². The summed E-state index contributed by atoms with van der Waals surface area (Å²) < 4.78 is 16.4. The number of amides is 1. The van der Waals surface area contributed by atoms with Gasteiger partial charge < -0.3 is 24.2 Å². The number of allylic oxidation sites excluding steroid dienone is 1. The van der Waals surface area contributed by atoms with Gasteiger partial charge in [-0.1, -0.05) is 49.1 Å². The van der Waals surface area contributed by atoms with Crippen molar-refractivity contribution in [2.24, 2.45) is 0 Å². The van der Waals surface area contributed by atoms with Gasteiger partial charge in [0.25, 0.3) is 5.91 Å². The molecule has 2 aromatic carbocycles. The zero-order chi connectivity index (χ0) is 29.7. The van der Waals surface area contributed by atoms with Gasteiger partial charge in [0.05, 0.1) is 26.9 Å². The lowest BCUT2D eigenvalue weighted by Crippen LogP contribution is -2.29. The Balaban J connectivity index is 1.61. The summed E-state index contributed by atoms with van der Waals surface area (Å²) in [5.41, 5.74) is 1.40. The van der Waals surface area contributed by atoms with Gasteiger partial charge in [-0.15, -0.1) is 0 Å². The van der Waals surface area contributed by atoms with Crippen molar-refractivity contribution in [3.05, 3.63) is 95.6 Å². The standard InChI is InChI=1S/C33H41NO7/c1-5-26(13-12-25(2)24-38-3)33(37,27-14-18-29(39-4)19-15-27)28-16-20-30(21-17-28)40-23-8-6-7-11-32(36)41-34-22-9-10-31(34)35/h5,12-21,37H,2,6-11,22-24H2,1,3-4H3/b13-12-,26-5+. The fourth-order valence-electron chi connectivity index (χ4n) is 4.62. The highest BCUT2D eigenvalue weighted by Gasteiger charge is 2.34. The molecule has 1 aliphatic heterocycles. The average molecular weight is 564 g/mol. The van der Waals surface area contributed by atoms with Crippen molar-refractivity contribution >= 4 is 11.9 Å². The third kappa shape index (κ3) is 8.80. The monoisotopic (exact) mass is 563 g/mol. The first-order valence-electron chi connectivity index (χ1n) is 13.9. The van der Waals surface area contributed by atoms with E-state index in [1.54, 1.807) is 14.2 Å². The van der Waals surface area contributed by atoms with Crippen LogP contribution in [0.2, 0.25) is 0 Å². The van der Waals surface area contributed by atoms with Crippen LogP contribution in [0.5, 0.6) is 11.5 Å². The molecule has 1 atom stereocenters. The predicted octanol–water partition coefficient (Wildman–Crippen LogP) is 5.66. The van der Waals surface area contributed by atoms with E-state index < -0.39 is 5.60 Å². The van der Waals surface area contributed by atoms with Crippen molar-refractivity contribution in [3.8, 4) is 11.5 Å². The number of hydrogen-bond acceptors (Lipinski definition) is 7. The van der Waals surface area contributed by atoms with Crippen molar-refractivity contribution in [1.82, 2.24) is 5.06 Å². The Bertz CT molecular complexity index is 1220. The van der Waals surface area contributed by atoms with E-state index in [0.717, 1.165) is 24.8 Å². The quantitative estimate of drug-likeness (QED) is 0.208. The summed E-state index contributed by atoms with van der Waals surface area (Å²) >= 11 is 0. The summed E-state index contributed by atoms with van der Waals surface area (Å²) in [5.74, 6) is 0.874. The molecule has 0 aliphatic carbocycles. The average Bonchev–Trinajstić information content (AvgIpc) is 3.39. The number of benzene rings is 2. The number of carbonyl (C=O) groups excluding carboxylic acids is 2. The molecule has 1 heterocycles. The zero-order valence-corrected chi connectivity index (χ0v) is 24.3. The Hall–Kier alpha value is -3.88. The van der Waals surface area contributed by atoms with E-state index >= 15 is 0 Å². The molecule has 0 saturated carbocycles. The van der Waals surface area contributed by atoms with E-state index in [0.29, 0.717) is 60.8 Å². The van der Waals surface area contributed by atoms with Crippen molar-refractivity contribution in [3.63, 3.8) is 0 Å². The van der Waals surface area contributed by atoms with Crippen LogP contribution in [-0.4, -0.2) is 56.0 Å². The maximum absolute atomic E-state index is 12.2. The van der Waals surface area contributed by atoms with E-state index in [-0.39, 0.29) is 18.3 Å². The van der Waals surface area contributed by atoms with Gasteiger partial charge in [-0.3, -0.25) is 4.79 Å². The second-order valence-corrected chi connectivity index (χ2v) is 9.85. The lowest BCUT2D eigenvalue weighted by atomic mass is 9.79. The van der Waals surface area contributed by atoms with Gasteiger partial charge in [0, 0.05) is 20.0 Å². The van der Waals surface area contributed by atoms with Crippen LogP contribution in [0.15, 0.2) is 84.5 Å². The molecule has 1 amide bonds. The molecular weight excluding hydrogens is 522 g/mol. The second-order valence-electron chi connectivity index (χ2n) is 9.85. The first-order valence-corrected chi connectivity index (χ1v) is 13.9. The van der Waals surface area contributed by atoms with Crippen LogP contribution < -0.4 is 9.47 Å². The van der Waals surface area contributed by atoms with E-state index in [1.807, 2.05) is 73.7 Å². The number of carbonyl (C=O) groups is 2. The lowest BCUT2D eigenvalue weighted by molar-refractivity contribution is -0.192. The molecule has 0 spiro atoms. The molecule has 1 fully saturated rings. The van der Waals surface area contributed by atoms with Gasteiger partial charge in [-0.2, -0.15) is 5.06 Å². The summed E-state index contributed by atoms with van der Waals surface area (Å²) in [6.07, 6.45) is 9.23. The second kappa shape index (κ2) is 15.8. The van der Waals surface area contributed by atoms with Crippen LogP contribution >= 0.6 is 0 Å². The highest BCUT2D eigenvalue weighted by atomic mass is 16.7. The summed E-state index contributed by atoms with van der Waals surface area (Å²) in [4.78, 5) is 28.6. The van der Waals surface area contributed by atoms with Crippen molar-refractivity contribution in [1.29, 1.82) is 0 Å². The van der Waals surface area contributed by atoms with Gasteiger partial charge in [0.2, 0.25) is 0 Å². The van der Waals surface area contributed by atoms with Crippen LogP contribution in [0.3, 0.4) is 0 Å². The molecule has 1 aliphatic rings. The smallest absolute Gasteiger partial charge is 0.332 e. The summed E-state index contributed by atoms with van der Waals surface area (Å²) in [6.45, 7) is 7.25. The molecule has 2 aromatic rings. The first kappa shape index (κ1) is 31.6.